The van der Waals surface area contributed by atoms with Crippen LogP contribution in [0.5, 0.6) is 0 Å². The number of fused-ring (bicyclic) bond motifs is 2. The molecule has 0 saturated carbocycles. The molecule has 4 heteroatoms. The minimum absolute atomic E-state index is 0.247. The summed E-state index contributed by atoms with van der Waals surface area (Å²) in [7, 11) is 0. The van der Waals surface area contributed by atoms with Gasteiger partial charge in [0.2, 0.25) is 0 Å². The maximum atomic E-state index is 9.06. The van der Waals surface area contributed by atoms with Gasteiger partial charge in [-0.25, -0.2) is 0 Å². The summed E-state index contributed by atoms with van der Waals surface area (Å²) in [4.78, 5) is 1.10. The zero-order chi connectivity index (χ0) is 12.5. The third kappa shape index (κ3) is 1.84. The van der Waals surface area contributed by atoms with Crippen LogP contribution in [0.3, 0.4) is 0 Å². The SMILES string of the molecule is N#CC1=C(C#N)SC2C=c3ccccc3=CC2S1. The summed E-state index contributed by atoms with van der Waals surface area (Å²) >= 11 is 3.00. The van der Waals surface area contributed by atoms with Gasteiger partial charge in [-0.15, -0.1) is 23.5 Å². The molecule has 1 aliphatic heterocycles. The van der Waals surface area contributed by atoms with Gasteiger partial charge in [0.1, 0.15) is 21.9 Å². The molecular weight excluding hydrogens is 260 g/mol. The van der Waals surface area contributed by atoms with E-state index in [-0.39, 0.29) is 10.5 Å². The molecule has 0 aromatic heterocycles. The van der Waals surface area contributed by atoms with Crippen molar-refractivity contribution < 1.29 is 0 Å². The number of rotatable bonds is 0. The minimum atomic E-state index is 0.247. The number of hydrogen-bond acceptors (Lipinski definition) is 4. The summed E-state index contributed by atoms with van der Waals surface area (Å²) in [6, 6.07) is 12.5. The van der Waals surface area contributed by atoms with Crippen molar-refractivity contribution in [2.75, 3.05) is 0 Å². The Morgan fingerprint density at radius 3 is 1.67 bits per heavy atom. The molecule has 0 amide bonds. The number of allylic oxidation sites excluding steroid dienone is 2. The average Bonchev–Trinajstić information content (AvgIpc) is 2.43. The Hall–Kier alpha value is -1.62. The molecule has 1 aromatic carbocycles. The highest BCUT2D eigenvalue weighted by atomic mass is 32.2. The first-order valence-corrected chi connectivity index (χ1v) is 7.24. The largest absolute Gasteiger partial charge is 0.192 e. The Morgan fingerprint density at radius 2 is 1.28 bits per heavy atom. The summed E-state index contributed by atoms with van der Waals surface area (Å²) in [5.41, 5.74) is 0. The summed E-state index contributed by atoms with van der Waals surface area (Å²) in [6.45, 7) is 0. The Balaban J connectivity index is 2.10. The van der Waals surface area contributed by atoms with Crippen LogP contribution >= 0.6 is 23.5 Å². The maximum Gasteiger partial charge on any atom is 0.110 e. The molecule has 2 atom stereocenters. The fourth-order valence-electron chi connectivity index (χ4n) is 2.09. The van der Waals surface area contributed by atoms with Gasteiger partial charge in [-0.2, -0.15) is 10.5 Å². The second-order valence-electron chi connectivity index (χ2n) is 4.01. The van der Waals surface area contributed by atoms with Crippen molar-refractivity contribution in [2.45, 2.75) is 10.5 Å². The molecule has 1 aromatic rings. The van der Waals surface area contributed by atoms with E-state index in [0.29, 0.717) is 9.81 Å². The predicted molar refractivity (Wildman–Crippen MR) is 75.6 cm³/mol. The van der Waals surface area contributed by atoms with Gasteiger partial charge in [-0.3, -0.25) is 0 Å². The van der Waals surface area contributed by atoms with Crippen LogP contribution in [0.1, 0.15) is 0 Å². The minimum Gasteiger partial charge on any atom is -0.192 e. The molecule has 86 valence electrons. The lowest BCUT2D eigenvalue weighted by atomic mass is 10.1. The van der Waals surface area contributed by atoms with Gasteiger partial charge in [0.15, 0.2) is 0 Å². The third-order valence-corrected chi connectivity index (χ3v) is 5.69. The average molecular weight is 268 g/mol. The molecule has 1 aliphatic carbocycles. The van der Waals surface area contributed by atoms with Crippen LogP contribution in [0.4, 0.5) is 0 Å². The standard InChI is InChI=1S/C14H8N2S2/c15-7-13-14(8-16)18-12-6-10-4-2-1-3-9(10)5-11(12)17-13/h1-6,11-12H. The van der Waals surface area contributed by atoms with Crippen molar-refractivity contribution in [2.24, 2.45) is 0 Å². The molecule has 18 heavy (non-hydrogen) atoms. The van der Waals surface area contributed by atoms with Crippen molar-refractivity contribution in [3.63, 3.8) is 0 Å². The molecule has 2 aliphatic rings. The highest BCUT2D eigenvalue weighted by Gasteiger charge is 2.30. The quantitative estimate of drug-likeness (QED) is 0.719. The van der Waals surface area contributed by atoms with Crippen molar-refractivity contribution in [1.29, 1.82) is 10.5 Å². The van der Waals surface area contributed by atoms with E-state index in [2.05, 4.69) is 36.4 Å². The molecule has 2 unspecified atom stereocenters. The monoisotopic (exact) mass is 268 g/mol. The second-order valence-corrected chi connectivity index (χ2v) is 6.39. The van der Waals surface area contributed by atoms with Gasteiger partial charge >= 0.3 is 0 Å². The van der Waals surface area contributed by atoms with Gasteiger partial charge in [0.05, 0.1) is 0 Å². The van der Waals surface area contributed by atoms with E-state index in [4.69, 9.17) is 10.5 Å². The Labute approximate surface area is 113 Å². The van der Waals surface area contributed by atoms with E-state index >= 15 is 0 Å². The maximum absolute atomic E-state index is 9.06. The smallest absolute Gasteiger partial charge is 0.110 e. The van der Waals surface area contributed by atoms with Gasteiger partial charge < -0.3 is 0 Å². The lowest BCUT2D eigenvalue weighted by molar-refractivity contribution is 1.15. The number of benzene rings is 1. The van der Waals surface area contributed by atoms with E-state index in [1.165, 1.54) is 34.0 Å². The van der Waals surface area contributed by atoms with E-state index in [1.54, 1.807) is 0 Å². The predicted octanol–water partition coefficient (Wildman–Crippen LogP) is 1.74. The molecule has 0 N–H and O–H groups in total. The fraction of sp³-hybridized carbons (Fsp3) is 0.143. The second kappa shape index (κ2) is 4.57. The number of thioether (sulfide) groups is 2. The summed E-state index contributed by atoms with van der Waals surface area (Å²) < 4.78 is 0. The fourth-order valence-corrected chi connectivity index (χ4v) is 4.53. The zero-order valence-electron chi connectivity index (χ0n) is 9.33. The topological polar surface area (TPSA) is 47.6 Å². The number of hydrogen-bond donors (Lipinski definition) is 0. The molecule has 0 radical (unpaired) electrons. The van der Waals surface area contributed by atoms with E-state index in [1.807, 2.05) is 12.1 Å². The highest BCUT2D eigenvalue weighted by Crippen LogP contribution is 2.44. The van der Waals surface area contributed by atoms with Gasteiger partial charge in [-0.05, 0) is 10.4 Å². The van der Waals surface area contributed by atoms with E-state index in [0.717, 1.165) is 0 Å². The van der Waals surface area contributed by atoms with Crippen LogP contribution in [0.2, 0.25) is 0 Å². The van der Waals surface area contributed by atoms with Crippen LogP contribution in [0, 0.1) is 22.7 Å². The molecule has 0 fully saturated rings. The van der Waals surface area contributed by atoms with E-state index < -0.39 is 0 Å². The summed E-state index contributed by atoms with van der Waals surface area (Å²) in [5.74, 6) is 0. The Bertz CT molecular complexity index is 671. The van der Waals surface area contributed by atoms with Crippen LogP contribution in [-0.4, -0.2) is 10.5 Å². The molecule has 3 rings (SSSR count). The van der Waals surface area contributed by atoms with Crippen molar-refractivity contribution in [1.82, 2.24) is 0 Å². The van der Waals surface area contributed by atoms with Gasteiger partial charge in [0.25, 0.3) is 0 Å². The lowest BCUT2D eigenvalue weighted by Crippen LogP contribution is -2.36. The van der Waals surface area contributed by atoms with Crippen molar-refractivity contribution >= 4 is 35.7 Å². The van der Waals surface area contributed by atoms with Crippen LogP contribution in [-0.2, 0) is 0 Å². The summed E-state index contributed by atoms with van der Waals surface area (Å²) in [6.07, 6.45) is 4.40. The van der Waals surface area contributed by atoms with Crippen LogP contribution < -0.4 is 10.4 Å². The lowest BCUT2D eigenvalue weighted by Gasteiger charge is -2.27. The Morgan fingerprint density at radius 1 is 0.833 bits per heavy atom. The van der Waals surface area contributed by atoms with Gasteiger partial charge in [0, 0.05) is 10.5 Å². The molecule has 1 heterocycles. The zero-order valence-corrected chi connectivity index (χ0v) is 11.0. The first-order valence-electron chi connectivity index (χ1n) is 5.48. The molecule has 0 bridgehead atoms. The van der Waals surface area contributed by atoms with E-state index in [9.17, 15) is 0 Å². The first-order chi connectivity index (χ1) is 8.81. The van der Waals surface area contributed by atoms with Crippen molar-refractivity contribution in [3.8, 4) is 12.1 Å². The number of nitrogens with zero attached hydrogens (tertiary/aromatic N) is 2. The molecule has 0 spiro atoms. The molecule has 0 saturated heterocycles. The molecule has 2 nitrogen and oxygen atoms in total. The normalized spacial score (nSPS) is 24.8. The van der Waals surface area contributed by atoms with Crippen LogP contribution in [0.15, 0.2) is 34.1 Å². The van der Waals surface area contributed by atoms with Crippen molar-refractivity contribution in [3.05, 3.63) is 44.5 Å². The highest BCUT2D eigenvalue weighted by molar-refractivity contribution is 8.11. The Kier molecular flexibility index (Phi) is 2.91. The third-order valence-electron chi connectivity index (χ3n) is 2.92. The van der Waals surface area contributed by atoms with Crippen LogP contribution in [0.25, 0.3) is 12.2 Å². The summed E-state index contributed by atoms with van der Waals surface area (Å²) in [5, 5.41) is 21.0. The number of nitriles is 2. The van der Waals surface area contributed by atoms with Gasteiger partial charge in [-0.1, -0.05) is 36.4 Å². The first kappa shape index (κ1) is 11.5. The molecular formula is C14H8N2S2.